The van der Waals surface area contributed by atoms with Crippen molar-refractivity contribution in [2.75, 3.05) is 6.61 Å². The molecule has 3 rings (SSSR count). The Morgan fingerprint density at radius 1 is 1.25 bits per heavy atom. The number of aromatic nitrogens is 1. The van der Waals surface area contributed by atoms with Gasteiger partial charge in [0.1, 0.15) is 28.6 Å². The van der Waals surface area contributed by atoms with E-state index in [9.17, 15) is 9.18 Å². The van der Waals surface area contributed by atoms with E-state index < -0.39 is 11.7 Å². The van der Waals surface area contributed by atoms with E-state index in [0.717, 1.165) is 17.7 Å². The third-order valence-electron chi connectivity index (χ3n) is 4.14. The van der Waals surface area contributed by atoms with Crippen molar-refractivity contribution in [2.45, 2.75) is 26.8 Å². The monoisotopic (exact) mass is 402 g/mol. The summed E-state index contributed by atoms with van der Waals surface area (Å²) in [5.74, 6) is 0.0790. The number of hydrogen-bond acceptors (Lipinski definition) is 4. The number of amides is 1. The van der Waals surface area contributed by atoms with Gasteiger partial charge in [-0.1, -0.05) is 41.9 Å². The normalized spacial score (nSPS) is 10.7. The molecule has 1 amide bonds. The Morgan fingerprint density at radius 2 is 2.00 bits per heavy atom. The standard InChI is InChI=1S/C21H20ClFN2O3/c1-3-11-27-15-9-7-14(8-10-15)12-24-21(26)18-13(2)28-25-20(18)19-16(22)5-4-6-17(19)23/h4-10H,3,11-12H2,1-2H3,(H,24,26). The lowest BCUT2D eigenvalue weighted by Gasteiger charge is -2.09. The molecule has 28 heavy (non-hydrogen) atoms. The van der Waals surface area contributed by atoms with Crippen molar-refractivity contribution in [2.24, 2.45) is 0 Å². The minimum atomic E-state index is -0.572. The predicted molar refractivity (Wildman–Crippen MR) is 105 cm³/mol. The minimum absolute atomic E-state index is 0.0450. The van der Waals surface area contributed by atoms with E-state index in [4.69, 9.17) is 20.9 Å². The van der Waals surface area contributed by atoms with Crippen LogP contribution in [0.15, 0.2) is 47.0 Å². The first kappa shape index (κ1) is 19.9. The number of aryl methyl sites for hydroxylation is 1. The topological polar surface area (TPSA) is 64.4 Å². The zero-order valence-electron chi connectivity index (χ0n) is 15.6. The molecule has 0 aliphatic carbocycles. The third-order valence-corrected chi connectivity index (χ3v) is 4.45. The number of nitrogens with zero attached hydrogens (tertiary/aromatic N) is 1. The van der Waals surface area contributed by atoms with Gasteiger partial charge in [0.25, 0.3) is 5.91 Å². The molecule has 1 heterocycles. The predicted octanol–water partition coefficient (Wildman–Crippen LogP) is 5.16. The average Bonchev–Trinajstić information content (AvgIpc) is 3.06. The van der Waals surface area contributed by atoms with Crippen molar-refractivity contribution < 1.29 is 18.4 Å². The molecule has 0 aliphatic heterocycles. The van der Waals surface area contributed by atoms with Crippen LogP contribution >= 0.6 is 11.6 Å². The van der Waals surface area contributed by atoms with E-state index in [1.165, 1.54) is 18.2 Å². The van der Waals surface area contributed by atoms with Gasteiger partial charge >= 0.3 is 0 Å². The molecule has 0 atom stereocenters. The van der Waals surface area contributed by atoms with Crippen LogP contribution in [0.5, 0.6) is 5.75 Å². The molecular formula is C21H20ClFN2O3. The number of carbonyl (C=O) groups is 1. The number of nitrogens with one attached hydrogen (secondary N) is 1. The minimum Gasteiger partial charge on any atom is -0.494 e. The summed E-state index contributed by atoms with van der Waals surface area (Å²) in [6.07, 6.45) is 0.935. The lowest BCUT2D eigenvalue weighted by atomic mass is 10.0. The number of rotatable bonds is 7. The highest BCUT2D eigenvalue weighted by molar-refractivity contribution is 6.33. The van der Waals surface area contributed by atoms with Crippen LogP contribution in [-0.4, -0.2) is 17.7 Å². The van der Waals surface area contributed by atoms with Crippen LogP contribution in [0.1, 0.15) is 35.0 Å². The molecule has 1 N–H and O–H groups in total. The molecule has 0 spiro atoms. The number of benzene rings is 2. The molecule has 0 saturated heterocycles. The maximum atomic E-state index is 14.3. The van der Waals surface area contributed by atoms with Crippen molar-refractivity contribution in [1.29, 1.82) is 0 Å². The van der Waals surface area contributed by atoms with Gasteiger partial charge in [-0.25, -0.2) is 4.39 Å². The summed E-state index contributed by atoms with van der Waals surface area (Å²) in [6.45, 7) is 4.59. The fraction of sp³-hybridized carbons (Fsp3) is 0.238. The Morgan fingerprint density at radius 3 is 2.68 bits per heavy atom. The maximum absolute atomic E-state index is 14.3. The van der Waals surface area contributed by atoms with Gasteiger partial charge in [0.2, 0.25) is 0 Å². The Hall–Kier alpha value is -2.86. The van der Waals surface area contributed by atoms with Crippen LogP contribution in [0.25, 0.3) is 11.3 Å². The SMILES string of the molecule is CCCOc1ccc(CNC(=O)c2c(-c3c(F)cccc3Cl)noc2C)cc1. The Balaban J connectivity index is 1.76. The summed E-state index contributed by atoms with van der Waals surface area (Å²) < 4.78 is 24.9. The highest BCUT2D eigenvalue weighted by Crippen LogP contribution is 2.33. The molecule has 0 fully saturated rings. The van der Waals surface area contributed by atoms with Gasteiger partial charge in [0.15, 0.2) is 0 Å². The first-order valence-electron chi connectivity index (χ1n) is 8.91. The number of ether oxygens (including phenoxy) is 1. The van der Waals surface area contributed by atoms with Crippen LogP contribution in [0.3, 0.4) is 0 Å². The largest absolute Gasteiger partial charge is 0.494 e. The Labute approximate surface area is 167 Å². The van der Waals surface area contributed by atoms with Crippen molar-refractivity contribution >= 4 is 17.5 Å². The first-order valence-corrected chi connectivity index (χ1v) is 9.29. The molecule has 3 aromatic rings. The molecule has 2 aromatic carbocycles. The van der Waals surface area contributed by atoms with Crippen molar-refractivity contribution in [3.05, 3.63) is 70.2 Å². The molecule has 1 aromatic heterocycles. The second-order valence-electron chi connectivity index (χ2n) is 6.23. The van der Waals surface area contributed by atoms with Crippen LogP contribution in [0, 0.1) is 12.7 Å². The molecule has 7 heteroatoms. The Bertz CT molecular complexity index is 950. The van der Waals surface area contributed by atoms with Gasteiger partial charge in [-0.05, 0) is 43.2 Å². The highest BCUT2D eigenvalue weighted by Gasteiger charge is 2.25. The summed E-state index contributed by atoms with van der Waals surface area (Å²) in [4.78, 5) is 12.7. The van der Waals surface area contributed by atoms with Gasteiger partial charge in [-0.2, -0.15) is 0 Å². The number of halogens is 2. The maximum Gasteiger partial charge on any atom is 0.257 e. The highest BCUT2D eigenvalue weighted by atomic mass is 35.5. The molecule has 0 saturated carbocycles. The second-order valence-corrected chi connectivity index (χ2v) is 6.64. The zero-order valence-corrected chi connectivity index (χ0v) is 16.3. The van der Waals surface area contributed by atoms with E-state index in [1.54, 1.807) is 6.92 Å². The smallest absolute Gasteiger partial charge is 0.257 e. The number of carbonyl (C=O) groups excluding carboxylic acids is 1. The van der Waals surface area contributed by atoms with Crippen molar-refractivity contribution in [1.82, 2.24) is 10.5 Å². The molecule has 0 bridgehead atoms. The average molecular weight is 403 g/mol. The van der Waals surface area contributed by atoms with Gasteiger partial charge in [-0.15, -0.1) is 0 Å². The van der Waals surface area contributed by atoms with Gasteiger partial charge < -0.3 is 14.6 Å². The summed E-state index contributed by atoms with van der Waals surface area (Å²) in [5.41, 5.74) is 1.19. The molecule has 146 valence electrons. The van der Waals surface area contributed by atoms with E-state index in [1.807, 2.05) is 31.2 Å². The van der Waals surface area contributed by atoms with Gasteiger partial charge in [0, 0.05) is 6.54 Å². The van der Waals surface area contributed by atoms with E-state index >= 15 is 0 Å². The van der Waals surface area contributed by atoms with E-state index in [2.05, 4.69) is 10.5 Å². The van der Waals surface area contributed by atoms with Gasteiger partial charge in [-0.3, -0.25) is 4.79 Å². The van der Waals surface area contributed by atoms with Crippen molar-refractivity contribution in [3.8, 4) is 17.0 Å². The van der Waals surface area contributed by atoms with E-state index in [-0.39, 0.29) is 27.6 Å². The number of hydrogen-bond donors (Lipinski definition) is 1. The molecule has 0 unspecified atom stereocenters. The van der Waals surface area contributed by atoms with Gasteiger partial charge in [0.05, 0.1) is 17.2 Å². The fourth-order valence-electron chi connectivity index (χ4n) is 2.73. The van der Waals surface area contributed by atoms with Crippen LogP contribution in [0.4, 0.5) is 4.39 Å². The quantitative estimate of drug-likeness (QED) is 0.592. The van der Waals surface area contributed by atoms with Crippen LogP contribution in [-0.2, 0) is 6.54 Å². The molecule has 5 nitrogen and oxygen atoms in total. The summed E-state index contributed by atoms with van der Waals surface area (Å²) in [5, 5.41) is 6.81. The fourth-order valence-corrected chi connectivity index (χ4v) is 2.98. The lowest BCUT2D eigenvalue weighted by Crippen LogP contribution is -2.23. The zero-order chi connectivity index (χ0) is 20.1. The van der Waals surface area contributed by atoms with Crippen LogP contribution in [0.2, 0.25) is 5.02 Å². The second kappa shape index (κ2) is 8.89. The molecule has 0 aliphatic rings. The molecular weight excluding hydrogens is 383 g/mol. The van der Waals surface area contributed by atoms with Crippen LogP contribution < -0.4 is 10.1 Å². The summed E-state index contributed by atoms with van der Waals surface area (Å²) in [6, 6.07) is 11.7. The Kier molecular flexibility index (Phi) is 6.31. The van der Waals surface area contributed by atoms with E-state index in [0.29, 0.717) is 13.2 Å². The molecule has 0 radical (unpaired) electrons. The summed E-state index contributed by atoms with van der Waals surface area (Å²) >= 11 is 6.11. The lowest BCUT2D eigenvalue weighted by molar-refractivity contribution is 0.0950. The first-order chi connectivity index (χ1) is 13.5. The summed E-state index contributed by atoms with van der Waals surface area (Å²) in [7, 11) is 0. The van der Waals surface area contributed by atoms with Crippen molar-refractivity contribution in [3.63, 3.8) is 0 Å². The third kappa shape index (κ3) is 4.34.